The van der Waals surface area contributed by atoms with E-state index in [9.17, 15) is 8.42 Å². The zero-order valence-corrected chi connectivity index (χ0v) is 21.9. The third-order valence-corrected chi connectivity index (χ3v) is 6.37. The van der Waals surface area contributed by atoms with Crippen LogP contribution in [0.2, 0.25) is 0 Å². The lowest BCUT2D eigenvalue weighted by Gasteiger charge is -2.19. The molecule has 2 rings (SSSR count). The molecular weight excluding hydrogens is 531 g/mol. The standard InChI is InChI=1S/C21H36N4O4S.HI/c1-4-22-21(23-14-9-15-25-30(26,27)5-2)24-16-17-10-8-13-19(28-3)20(17)29-18-11-6-7-12-18;/h8,10,13,18,25H,4-7,9,11-12,14-16H2,1-3H3,(H2,22,23,24);1H. The molecule has 0 unspecified atom stereocenters. The molecule has 0 atom stereocenters. The quantitative estimate of drug-likeness (QED) is 0.155. The van der Waals surface area contributed by atoms with Gasteiger partial charge < -0.3 is 20.1 Å². The third-order valence-electron chi connectivity index (χ3n) is 4.97. The second kappa shape index (κ2) is 14.7. The number of nitrogens with one attached hydrogen (secondary N) is 3. The van der Waals surface area contributed by atoms with Crippen LogP contribution in [0, 0.1) is 0 Å². The first-order valence-corrected chi connectivity index (χ1v) is 12.5. The van der Waals surface area contributed by atoms with E-state index in [0.29, 0.717) is 32.0 Å². The Labute approximate surface area is 204 Å². The summed E-state index contributed by atoms with van der Waals surface area (Å²) in [5.41, 5.74) is 0.981. The summed E-state index contributed by atoms with van der Waals surface area (Å²) < 4.78 is 37.3. The monoisotopic (exact) mass is 568 g/mol. The Morgan fingerprint density at radius 1 is 1.16 bits per heavy atom. The number of hydrogen-bond acceptors (Lipinski definition) is 5. The summed E-state index contributed by atoms with van der Waals surface area (Å²) in [6, 6.07) is 5.88. The number of hydrogen-bond donors (Lipinski definition) is 3. The van der Waals surface area contributed by atoms with Gasteiger partial charge in [-0.25, -0.2) is 18.1 Å². The highest BCUT2D eigenvalue weighted by Gasteiger charge is 2.20. The van der Waals surface area contributed by atoms with E-state index in [4.69, 9.17) is 9.47 Å². The molecule has 1 aromatic rings. The fourth-order valence-electron chi connectivity index (χ4n) is 3.28. The number of ether oxygens (including phenoxy) is 2. The lowest BCUT2D eigenvalue weighted by molar-refractivity contribution is 0.198. The van der Waals surface area contributed by atoms with Crippen molar-refractivity contribution < 1.29 is 17.9 Å². The maximum Gasteiger partial charge on any atom is 0.211 e. The van der Waals surface area contributed by atoms with E-state index in [0.717, 1.165) is 36.4 Å². The van der Waals surface area contributed by atoms with Crippen LogP contribution in [0.1, 0.15) is 51.5 Å². The zero-order valence-electron chi connectivity index (χ0n) is 18.8. The van der Waals surface area contributed by atoms with Crippen LogP contribution in [0.15, 0.2) is 23.2 Å². The van der Waals surface area contributed by atoms with Gasteiger partial charge in [0, 0.05) is 25.2 Å². The number of guanidine groups is 1. The lowest BCUT2D eigenvalue weighted by atomic mass is 10.1. The fourth-order valence-corrected chi connectivity index (χ4v) is 3.94. The molecule has 0 amide bonds. The fraction of sp³-hybridized carbons (Fsp3) is 0.667. The van der Waals surface area contributed by atoms with Gasteiger partial charge in [-0.1, -0.05) is 12.1 Å². The minimum Gasteiger partial charge on any atom is -0.493 e. The highest BCUT2D eigenvalue weighted by Crippen LogP contribution is 2.35. The van der Waals surface area contributed by atoms with E-state index < -0.39 is 10.0 Å². The minimum atomic E-state index is -3.15. The molecule has 1 aromatic carbocycles. The largest absolute Gasteiger partial charge is 0.493 e. The molecule has 1 fully saturated rings. The van der Waals surface area contributed by atoms with Crippen molar-refractivity contribution in [2.75, 3.05) is 32.5 Å². The highest BCUT2D eigenvalue weighted by molar-refractivity contribution is 14.0. The lowest BCUT2D eigenvalue weighted by Crippen LogP contribution is -2.38. The molecule has 178 valence electrons. The molecule has 1 aliphatic rings. The van der Waals surface area contributed by atoms with Crippen molar-refractivity contribution >= 4 is 40.0 Å². The van der Waals surface area contributed by atoms with E-state index in [1.807, 2.05) is 25.1 Å². The maximum atomic E-state index is 11.5. The normalized spacial score (nSPS) is 14.7. The van der Waals surface area contributed by atoms with Gasteiger partial charge in [-0.3, -0.25) is 0 Å². The summed E-state index contributed by atoms with van der Waals surface area (Å²) in [6.07, 6.45) is 5.47. The van der Waals surface area contributed by atoms with E-state index >= 15 is 0 Å². The molecule has 8 nitrogen and oxygen atoms in total. The summed E-state index contributed by atoms with van der Waals surface area (Å²) >= 11 is 0. The molecule has 31 heavy (non-hydrogen) atoms. The van der Waals surface area contributed by atoms with Crippen LogP contribution >= 0.6 is 24.0 Å². The van der Waals surface area contributed by atoms with E-state index in [2.05, 4.69) is 20.3 Å². The molecule has 0 spiro atoms. The van der Waals surface area contributed by atoms with Crippen LogP contribution in [0.3, 0.4) is 0 Å². The summed E-state index contributed by atoms with van der Waals surface area (Å²) in [7, 11) is -1.49. The molecule has 0 aliphatic heterocycles. The summed E-state index contributed by atoms with van der Waals surface area (Å²) in [5.74, 6) is 2.29. The van der Waals surface area contributed by atoms with Crippen LogP contribution in [0.25, 0.3) is 0 Å². The van der Waals surface area contributed by atoms with Crippen molar-refractivity contribution in [3.05, 3.63) is 23.8 Å². The Kier molecular flexibility index (Phi) is 13.2. The Balaban J connectivity index is 0.00000480. The molecular formula is C21H37IN4O4S. The van der Waals surface area contributed by atoms with Gasteiger partial charge in [0.2, 0.25) is 10.0 Å². The molecule has 0 aromatic heterocycles. The SMILES string of the molecule is CCNC(=NCc1cccc(OC)c1OC1CCCC1)NCCCNS(=O)(=O)CC.I. The molecule has 1 saturated carbocycles. The van der Waals surface area contributed by atoms with Gasteiger partial charge in [0.25, 0.3) is 0 Å². The second-order valence-electron chi connectivity index (χ2n) is 7.25. The number of sulfonamides is 1. The number of halogens is 1. The van der Waals surface area contributed by atoms with Crippen molar-refractivity contribution in [2.24, 2.45) is 4.99 Å². The number of benzene rings is 1. The van der Waals surface area contributed by atoms with Gasteiger partial charge in [0.15, 0.2) is 17.5 Å². The van der Waals surface area contributed by atoms with Gasteiger partial charge in [-0.15, -0.1) is 24.0 Å². The zero-order chi connectivity index (χ0) is 21.8. The van der Waals surface area contributed by atoms with Crippen LogP contribution in [0.5, 0.6) is 11.5 Å². The van der Waals surface area contributed by atoms with Crippen molar-refractivity contribution in [1.29, 1.82) is 0 Å². The van der Waals surface area contributed by atoms with Gasteiger partial charge in [0.1, 0.15) is 0 Å². The van der Waals surface area contributed by atoms with Gasteiger partial charge in [-0.2, -0.15) is 0 Å². The number of aliphatic imine (C=N–C) groups is 1. The number of para-hydroxylation sites is 1. The second-order valence-corrected chi connectivity index (χ2v) is 9.34. The Bertz CT molecular complexity index is 784. The Morgan fingerprint density at radius 2 is 1.90 bits per heavy atom. The van der Waals surface area contributed by atoms with Crippen molar-refractivity contribution in [2.45, 2.75) is 58.6 Å². The topological polar surface area (TPSA) is 101 Å². The average molecular weight is 569 g/mol. The van der Waals surface area contributed by atoms with Crippen LogP contribution < -0.4 is 24.8 Å². The molecule has 0 saturated heterocycles. The molecule has 0 heterocycles. The predicted molar refractivity (Wildman–Crippen MR) is 136 cm³/mol. The Morgan fingerprint density at radius 3 is 2.55 bits per heavy atom. The first-order valence-electron chi connectivity index (χ1n) is 10.8. The first kappa shape index (κ1) is 27.8. The van der Waals surface area contributed by atoms with Crippen molar-refractivity contribution in [1.82, 2.24) is 15.4 Å². The minimum absolute atomic E-state index is 0. The molecule has 10 heteroatoms. The Hall–Kier alpha value is -1.27. The number of methoxy groups -OCH3 is 1. The predicted octanol–water partition coefficient (Wildman–Crippen LogP) is 3.02. The smallest absolute Gasteiger partial charge is 0.211 e. The van der Waals surface area contributed by atoms with Gasteiger partial charge in [0.05, 0.1) is 25.5 Å². The maximum absolute atomic E-state index is 11.5. The number of nitrogens with zero attached hydrogens (tertiary/aromatic N) is 1. The molecule has 3 N–H and O–H groups in total. The molecule has 0 bridgehead atoms. The molecule has 0 radical (unpaired) electrons. The van der Waals surface area contributed by atoms with Gasteiger partial charge >= 0.3 is 0 Å². The van der Waals surface area contributed by atoms with Crippen LogP contribution in [0.4, 0.5) is 0 Å². The first-order chi connectivity index (χ1) is 14.5. The van der Waals surface area contributed by atoms with E-state index in [1.54, 1.807) is 14.0 Å². The molecule has 1 aliphatic carbocycles. The van der Waals surface area contributed by atoms with Crippen LogP contribution in [-0.2, 0) is 16.6 Å². The summed E-state index contributed by atoms with van der Waals surface area (Å²) in [4.78, 5) is 4.68. The summed E-state index contributed by atoms with van der Waals surface area (Å²) in [6.45, 7) is 5.83. The van der Waals surface area contributed by atoms with E-state index in [-0.39, 0.29) is 35.8 Å². The van der Waals surface area contributed by atoms with Gasteiger partial charge in [-0.05, 0) is 52.0 Å². The number of rotatable bonds is 12. The van der Waals surface area contributed by atoms with Crippen LogP contribution in [-0.4, -0.2) is 53.0 Å². The highest BCUT2D eigenvalue weighted by atomic mass is 127. The summed E-state index contributed by atoms with van der Waals surface area (Å²) in [5, 5.41) is 6.47. The third kappa shape index (κ3) is 9.82. The van der Waals surface area contributed by atoms with E-state index in [1.165, 1.54) is 12.8 Å². The van der Waals surface area contributed by atoms with Crippen molar-refractivity contribution in [3.63, 3.8) is 0 Å². The van der Waals surface area contributed by atoms with Crippen molar-refractivity contribution in [3.8, 4) is 11.5 Å². The average Bonchev–Trinajstić information content (AvgIpc) is 3.25.